The molecule has 0 spiro atoms. The summed E-state index contributed by atoms with van der Waals surface area (Å²) < 4.78 is 28.0. The Balaban J connectivity index is 2.27. The van der Waals surface area contributed by atoms with Crippen LogP contribution >= 0.6 is 0 Å². The normalized spacial score (nSPS) is 11.3. The summed E-state index contributed by atoms with van der Waals surface area (Å²) in [4.78, 5) is 0. The van der Waals surface area contributed by atoms with Crippen molar-refractivity contribution >= 4 is 10.1 Å². The number of nitrogens with zero attached hydrogens (tertiary/aromatic N) is 2. The molecule has 0 bridgehead atoms. The van der Waals surface area contributed by atoms with Gasteiger partial charge in [0.05, 0.1) is 25.4 Å². The number of hydrogen-bond acceptors (Lipinski definition) is 4. The Kier molecular flexibility index (Phi) is 5.19. The SMILES string of the molecule is CS(=O)(=O)OCCCCn1cccc1CC#N. The standard InChI is InChI=1S/C11H16N2O3S/c1-17(14,15)16-10-3-2-8-13-9-4-5-11(13)6-7-12/h4-5,9H,2-3,6,8,10H2,1H3. The third-order valence-corrected chi connectivity index (χ3v) is 2.87. The Morgan fingerprint density at radius 3 is 2.88 bits per heavy atom. The molecule has 0 aliphatic carbocycles. The van der Waals surface area contributed by atoms with E-state index in [1.165, 1.54) is 0 Å². The lowest BCUT2D eigenvalue weighted by Crippen LogP contribution is -2.06. The maximum atomic E-state index is 10.7. The summed E-state index contributed by atoms with van der Waals surface area (Å²) in [5.74, 6) is 0. The van der Waals surface area contributed by atoms with Crippen LogP contribution in [0.15, 0.2) is 18.3 Å². The van der Waals surface area contributed by atoms with Gasteiger partial charge in [-0.15, -0.1) is 0 Å². The van der Waals surface area contributed by atoms with Gasteiger partial charge in [-0.3, -0.25) is 4.18 Å². The summed E-state index contributed by atoms with van der Waals surface area (Å²) in [6, 6.07) is 5.92. The van der Waals surface area contributed by atoms with Gasteiger partial charge in [0.1, 0.15) is 0 Å². The number of nitriles is 1. The van der Waals surface area contributed by atoms with Crippen molar-refractivity contribution in [3.05, 3.63) is 24.0 Å². The molecule has 6 heteroatoms. The maximum absolute atomic E-state index is 10.7. The highest BCUT2D eigenvalue weighted by molar-refractivity contribution is 7.85. The van der Waals surface area contributed by atoms with E-state index in [0.717, 1.165) is 24.9 Å². The molecular weight excluding hydrogens is 240 g/mol. The smallest absolute Gasteiger partial charge is 0.264 e. The van der Waals surface area contributed by atoms with Crippen LogP contribution in [0.4, 0.5) is 0 Å². The van der Waals surface area contributed by atoms with Crippen molar-refractivity contribution in [1.29, 1.82) is 5.26 Å². The van der Waals surface area contributed by atoms with E-state index in [4.69, 9.17) is 5.26 Å². The first kappa shape index (κ1) is 13.7. The fraction of sp³-hybridized carbons (Fsp3) is 0.545. The first-order chi connectivity index (χ1) is 8.03. The van der Waals surface area contributed by atoms with Crippen LogP contribution in [0.3, 0.4) is 0 Å². The molecule has 1 aromatic heterocycles. The molecule has 0 fully saturated rings. The van der Waals surface area contributed by atoms with E-state index in [2.05, 4.69) is 10.3 Å². The van der Waals surface area contributed by atoms with Crippen LogP contribution in [-0.4, -0.2) is 25.8 Å². The van der Waals surface area contributed by atoms with Crippen LogP contribution in [0.5, 0.6) is 0 Å². The molecule has 0 unspecified atom stereocenters. The third-order valence-electron chi connectivity index (χ3n) is 2.27. The van der Waals surface area contributed by atoms with Crippen LogP contribution in [0.1, 0.15) is 18.5 Å². The summed E-state index contributed by atoms with van der Waals surface area (Å²) in [6.07, 6.45) is 4.86. The molecule has 0 atom stereocenters. The van der Waals surface area contributed by atoms with Crippen molar-refractivity contribution in [1.82, 2.24) is 4.57 Å². The molecule has 0 saturated carbocycles. The van der Waals surface area contributed by atoms with Gasteiger partial charge in [-0.05, 0) is 25.0 Å². The van der Waals surface area contributed by atoms with E-state index in [-0.39, 0.29) is 6.61 Å². The second-order valence-corrected chi connectivity index (χ2v) is 5.40. The van der Waals surface area contributed by atoms with Gasteiger partial charge in [0.15, 0.2) is 0 Å². The minimum atomic E-state index is -3.33. The number of aromatic nitrogens is 1. The molecule has 0 aliphatic heterocycles. The van der Waals surface area contributed by atoms with Crippen molar-refractivity contribution < 1.29 is 12.6 Å². The van der Waals surface area contributed by atoms with Gasteiger partial charge < -0.3 is 4.57 Å². The van der Waals surface area contributed by atoms with Crippen LogP contribution in [-0.2, 0) is 27.3 Å². The first-order valence-corrected chi connectivity index (χ1v) is 7.20. The average molecular weight is 256 g/mol. The molecule has 0 saturated heterocycles. The molecule has 1 rings (SSSR count). The lowest BCUT2D eigenvalue weighted by molar-refractivity contribution is 0.308. The highest BCUT2D eigenvalue weighted by Gasteiger charge is 2.02. The lowest BCUT2D eigenvalue weighted by Gasteiger charge is -2.06. The second-order valence-electron chi connectivity index (χ2n) is 3.76. The van der Waals surface area contributed by atoms with Crippen LogP contribution in [0.2, 0.25) is 0 Å². The van der Waals surface area contributed by atoms with Gasteiger partial charge in [0, 0.05) is 18.4 Å². The molecule has 94 valence electrons. The summed E-state index contributed by atoms with van der Waals surface area (Å²) in [5.41, 5.74) is 0.983. The number of rotatable bonds is 7. The van der Waals surface area contributed by atoms with Crippen molar-refractivity contribution in [2.75, 3.05) is 12.9 Å². The molecule has 0 radical (unpaired) electrons. The highest BCUT2D eigenvalue weighted by atomic mass is 32.2. The topological polar surface area (TPSA) is 72.1 Å². The summed E-state index contributed by atoms with van der Waals surface area (Å²) in [7, 11) is -3.33. The van der Waals surface area contributed by atoms with E-state index in [0.29, 0.717) is 12.8 Å². The molecule has 0 aliphatic rings. The Morgan fingerprint density at radius 2 is 2.24 bits per heavy atom. The van der Waals surface area contributed by atoms with Crippen LogP contribution in [0.25, 0.3) is 0 Å². The van der Waals surface area contributed by atoms with Gasteiger partial charge in [-0.25, -0.2) is 0 Å². The minimum Gasteiger partial charge on any atom is -0.350 e. The predicted octanol–water partition coefficient (Wildman–Crippen LogP) is 1.31. The largest absolute Gasteiger partial charge is 0.350 e. The molecule has 1 aromatic rings. The monoisotopic (exact) mass is 256 g/mol. The van der Waals surface area contributed by atoms with Gasteiger partial charge in [-0.2, -0.15) is 13.7 Å². The predicted molar refractivity (Wildman–Crippen MR) is 63.8 cm³/mol. The minimum absolute atomic E-state index is 0.216. The number of hydrogen-bond donors (Lipinski definition) is 0. The van der Waals surface area contributed by atoms with Crippen molar-refractivity contribution in [2.45, 2.75) is 25.8 Å². The van der Waals surface area contributed by atoms with E-state index < -0.39 is 10.1 Å². The number of unbranched alkanes of at least 4 members (excludes halogenated alkanes) is 1. The Labute approximate surface area is 102 Å². The van der Waals surface area contributed by atoms with Crippen LogP contribution < -0.4 is 0 Å². The highest BCUT2D eigenvalue weighted by Crippen LogP contribution is 2.05. The maximum Gasteiger partial charge on any atom is 0.264 e. The summed E-state index contributed by atoms with van der Waals surface area (Å²) >= 11 is 0. The van der Waals surface area contributed by atoms with Gasteiger partial charge >= 0.3 is 0 Å². The van der Waals surface area contributed by atoms with Gasteiger partial charge in [-0.1, -0.05) is 0 Å². The molecule has 1 heterocycles. The molecule has 5 nitrogen and oxygen atoms in total. The Morgan fingerprint density at radius 1 is 1.47 bits per heavy atom. The molecule has 0 amide bonds. The Bertz CT molecular complexity index is 485. The van der Waals surface area contributed by atoms with E-state index in [9.17, 15) is 8.42 Å². The fourth-order valence-electron chi connectivity index (χ4n) is 1.50. The molecular formula is C11H16N2O3S. The van der Waals surface area contributed by atoms with E-state index in [1.807, 2.05) is 22.9 Å². The quantitative estimate of drug-likeness (QED) is 0.544. The first-order valence-electron chi connectivity index (χ1n) is 5.38. The molecule has 0 N–H and O–H groups in total. The summed E-state index contributed by atoms with van der Waals surface area (Å²) in [5, 5.41) is 8.61. The fourth-order valence-corrected chi connectivity index (χ4v) is 1.92. The summed E-state index contributed by atoms with van der Waals surface area (Å²) in [6.45, 7) is 0.991. The molecule has 0 aromatic carbocycles. The molecule has 17 heavy (non-hydrogen) atoms. The number of aryl methyl sites for hydroxylation is 1. The zero-order valence-electron chi connectivity index (χ0n) is 9.80. The lowest BCUT2D eigenvalue weighted by atomic mass is 10.3. The van der Waals surface area contributed by atoms with E-state index in [1.54, 1.807) is 0 Å². The zero-order valence-corrected chi connectivity index (χ0v) is 10.6. The zero-order chi connectivity index (χ0) is 12.7. The van der Waals surface area contributed by atoms with Gasteiger partial charge in [0.2, 0.25) is 0 Å². The van der Waals surface area contributed by atoms with E-state index >= 15 is 0 Å². The van der Waals surface area contributed by atoms with Crippen molar-refractivity contribution in [2.24, 2.45) is 0 Å². The Hall–Kier alpha value is -1.32. The van der Waals surface area contributed by atoms with Crippen molar-refractivity contribution in [3.8, 4) is 6.07 Å². The van der Waals surface area contributed by atoms with Gasteiger partial charge in [0.25, 0.3) is 10.1 Å². The third kappa shape index (κ3) is 5.52. The second kappa shape index (κ2) is 6.42. The average Bonchev–Trinajstić information content (AvgIpc) is 2.64. The van der Waals surface area contributed by atoms with Crippen molar-refractivity contribution in [3.63, 3.8) is 0 Å². The van der Waals surface area contributed by atoms with Crippen LogP contribution in [0, 0.1) is 11.3 Å².